The number of benzene rings is 1. The molecule has 0 aliphatic carbocycles. The van der Waals surface area contributed by atoms with Gasteiger partial charge in [-0.1, -0.05) is 54.7 Å². The molecular formula is C23H41F4N. The number of anilines is 1. The van der Waals surface area contributed by atoms with Crippen LogP contribution >= 0.6 is 0 Å². The first-order valence-electron chi connectivity index (χ1n) is 8.27. The van der Waals surface area contributed by atoms with Gasteiger partial charge in [-0.2, -0.15) is 0 Å². The zero-order valence-electron chi connectivity index (χ0n) is 19.0. The summed E-state index contributed by atoms with van der Waals surface area (Å²) in [6.07, 6.45) is 9.23. The average Bonchev–Trinajstić information content (AvgIpc) is 2.76. The summed E-state index contributed by atoms with van der Waals surface area (Å²) in [4.78, 5) is 2.16. The lowest BCUT2D eigenvalue weighted by atomic mass is 10.2. The molecule has 1 nitrogen and oxygen atoms in total. The number of likely N-dealkylation sites (N-methyl/N-ethyl adjacent to an activating group) is 1. The number of nitrogens with zero attached hydrogens (tertiary/aromatic N) is 1. The van der Waals surface area contributed by atoms with E-state index in [1.165, 1.54) is 11.3 Å². The van der Waals surface area contributed by atoms with E-state index in [0.29, 0.717) is 28.7 Å². The Morgan fingerprint density at radius 1 is 0.821 bits per heavy atom. The molecule has 0 heterocycles. The molecule has 0 aliphatic rings. The number of allylic oxidation sites excluding steroid dienone is 4. The Hall–Kier alpha value is -2.30. The van der Waals surface area contributed by atoms with E-state index in [1.807, 2.05) is 32.1 Å². The van der Waals surface area contributed by atoms with Gasteiger partial charge < -0.3 is 4.90 Å². The molecule has 1 rings (SSSR count). The normalized spacial score (nSPS) is 7.00. The molecule has 0 aromatic heterocycles. The largest absolute Gasteiger partial charge is 0.371 e. The average molecular weight is 408 g/mol. The van der Waals surface area contributed by atoms with Gasteiger partial charge in [-0.3, -0.25) is 17.6 Å². The maximum atomic E-state index is 9.50. The molecule has 0 amide bonds. The quantitative estimate of drug-likeness (QED) is 0.278. The number of aryl methyl sites for hydroxylation is 1. The number of hydrogen-bond acceptors (Lipinski definition) is 1. The minimum atomic E-state index is 0.500. The van der Waals surface area contributed by atoms with Crippen molar-refractivity contribution in [2.45, 2.75) is 20.8 Å². The number of hydrogen-bond donors (Lipinski definition) is 0. The van der Waals surface area contributed by atoms with E-state index >= 15 is 0 Å². The molecule has 0 aliphatic heterocycles. The van der Waals surface area contributed by atoms with E-state index in [-0.39, 0.29) is 0 Å². The van der Waals surface area contributed by atoms with Crippen molar-refractivity contribution < 1.29 is 17.6 Å². The summed E-state index contributed by atoms with van der Waals surface area (Å²) in [6.45, 7) is 17.4. The smallest absolute Gasteiger partial charge is 0.0785 e. The van der Waals surface area contributed by atoms with Gasteiger partial charge in [0, 0.05) is 19.3 Å². The molecule has 0 N–H and O–H groups in total. The van der Waals surface area contributed by atoms with Gasteiger partial charge in [0.2, 0.25) is 0 Å². The van der Waals surface area contributed by atoms with E-state index in [4.69, 9.17) is 0 Å². The van der Waals surface area contributed by atoms with Crippen LogP contribution in [0.25, 0.3) is 0 Å². The number of rotatable bonds is 4. The third-order valence-electron chi connectivity index (χ3n) is 2.21. The first-order chi connectivity index (χ1) is 13.6. The highest BCUT2D eigenvalue weighted by Gasteiger charge is 1.95. The summed E-state index contributed by atoms with van der Waals surface area (Å²) in [5, 5.41) is 0. The van der Waals surface area contributed by atoms with Crippen LogP contribution in [0.5, 0.6) is 0 Å². The summed E-state index contributed by atoms with van der Waals surface area (Å²) in [5.74, 6) is 0. The van der Waals surface area contributed by atoms with E-state index in [9.17, 15) is 17.6 Å². The summed E-state index contributed by atoms with van der Waals surface area (Å²) in [5.41, 5.74) is 2.53. The van der Waals surface area contributed by atoms with Crippen LogP contribution in [0.3, 0.4) is 0 Å². The summed E-state index contributed by atoms with van der Waals surface area (Å²) >= 11 is 0. The molecule has 0 saturated carbocycles. The van der Waals surface area contributed by atoms with Gasteiger partial charge in [0.25, 0.3) is 0 Å². The summed E-state index contributed by atoms with van der Waals surface area (Å²) < 4.78 is 38.0. The fourth-order valence-electron chi connectivity index (χ4n) is 1.23. The maximum absolute atomic E-state index is 9.50. The number of alkyl halides is 4. The Morgan fingerprint density at radius 2 is 1.18 bits per heavy atom. The molecule has 0 radical (unpaired) electrons. The molecule has 0 fully saturated rings. The highest BCUT2D eigenvalue weighted by atomic mass is 19.1. The topological polar surface area (TPSA) is 3.24 Å². The molecule has 0 saturated heterocycles. The first-order valence-corrected chi connectivity index (χ1v) is 8.27. The molecule has 1 aromatic carbocycles. The van der Waals surface area contributed by atoms with Gasteiger partial charge in [-0.05, 0) is 32.9 Å². The predicted molar refractivity (Wildman–Crippen MR) is 124 cm³/mol. The molecule has 0 unspecified atom stereocenters. The van der Waals surface area contributed by atoms with Gasteiger partial charge in [-0.25, -0.2) is 0 Å². The van der Waals surface area contributed by atoms with Crippen LogP contribution in [-0.2, 0) is 0 Å². The van der Waals surface area contributed by atoms with Crippen molar-refractivity contribution in [1.29, 1.82) is 0 Å². The maximum Gasteiger partial charge on any atom is 0.0785 e. The fourth-order valence-corrected chi connectivity index (χ4v) is 1.23. The van der Waals surface area contributed by atoms with Crippen LogP contribution < -0.4 is 4.90 Å². The monoisotopic (exact) mass is 407 g/mol. The summed E-state index contributed by atoms with van der Waals surface area (Å²) in [6, 6.07) is 8.49. The Bertz CT molecular complexity index is 402. The van der Waals surface area contributed by atoms with Crippen LogP contribution in [0.15, 0.2) is 74.4 Å². The molecule has 28 heavy (non-hydrogen) atoms. The predicted octanol–water partition coefficient (Wildman–Crippen LogP) is 7.90. The van der Waals surface area contributed by atoms with E-state index in [0.717, 1.165) is 6.54 Å². The van der Waals surface area contributed by atoms with Crippen molar-refractivity contribution in [3.63, 3.8) is 0 Å². The van der Waals surface area contributed by atoms with Crippen molar-refractivity contribution >= 4 is 5.69 Å². The fraction of sp³-hybridized carbons (Fsp3) is 0.391. The van der Waals surface area contributed by atoms with E-state index in [1.54, 1.807) is 12.2 Å². The van der Waals surface area contributed by atoms with E-state index < -0.39 is 0 Å². The van der Waals surface area contributed by atoms with Crippen molar-refractivity contribution in [2.75, 3.05) is 47.2 Å². The first kappa shape index (κ1) is 40.4. The second kappa shape index (κ2) is 49.7. The van der Waals surface area contributed by atoms with Crippen LogP contribution in [0, 0.1) is 6.92 Å². The highest BCUT2D eigenvalue weighted by molar-refractivity contribution is 5.47. The molecule has 0 bridgehead atoms. The standard InChI is InChI=1S/C11H15N.C5H8.C3H6.4CH3F/c1-4-9-12(3)11-7-5-10(2)6-8-11;1-3-5-4-2;1-3-2;4*1-2/h4-8H,1,9H2,2-3H3;3-5H,1H2,2H3;3H,1H2,2H3;4*1H3/b;5-4-;;;;;. The SMILES string of the molecule is C=C/C=C\C.C=CC.C=CCN(C)c1ccc(C)cc1.CF.CF.CF.CF. The van der Waals surface area contributed by atoms with Crippen LogP contribution in [0.4, 0.5) is 23.2 Å². The van der Waals surface area contributed by atoms with Crippen LogP contribution in [0.1, 0.15) is 19.4 Å². The van der Waals surface area contributed by atoms with Gasteiger partial charge >= 0.3 is 0 Å². The zero-order valence-corrected chi connectivity index (χ0v) is 19.0. The van der Waals surface area contributed by atoms with Crippen molar-refractivity contribution in [3.05, 3.63) is 79.9 Å². The second-order valence-corrected chi connectivity index (χ2v) is 4.17. The highest BCUT2D eigenvalue weighted by Crippen LogP contribution is 2.12. The molecular weight excluding hydrogens is 366 g/mol. The lowest BCUT2D eigenvalue weighted by molar-refractivity contribution is 0.635. The van der Waals surface area contributed by atoms with Crippen LogP contribution in [-0.4, -0.2) is 42.3 Å². The van der Waals surface area contributed by atoms with Crippen molar-refractivity contribution in [2.24, 2.45) is 0 Å². The van der Waals surface area contributed by atoms with Gasteiger partial charge in [0.15, 0.2) is 0 Å². The molecule has 5 heteroatoms. The Balaban J connectivity index is -0.0000000637. The third-order valence-corrected chi connectivity index (χ3v) is 2.21. The second-order valence-electron chi connectivity index (χ2n) is 4.17. The van der Waals surface area contributed by atoms with Crippen molar-refractivity contribution in [1.82, 2.24) is 0 Å². The van der Waals surface area contributed by atoms with Gasteiger partial charge in [-0.15, -0.1) is 13.2 Å². The van der Waals surface area contributed by atoms with Gasteiger partial charge in [0.05, 0.1) is 28.7 Å². The van der Waals surface area contributed by atoms with Crippen LogP contribution in [0.2, 0.25) is 0 Å². The summed E-state index contributed by atoms with van der Waals surface area (Å²) in [7, 11) is 4.06. The molecule has 1 aromatic rings. The molecule has 0 atom stereocenters. The molecule has 0 spiro atoms. The molecule has 166 valence electrons. The zero-order chi connectivity index (χ0) is 23.8. The van der Waals surface area contributed by atoms with E-state index in [2.05, 4.69) is 62.9 Å². The van der Waals surface area contributed by atoms with Gasteiger partial charge in [0.1, 0.15) is 0 Å². The third kappa shape index (κ3) is 43.8. The van der Waals surface area contributed by atoms with Crippen molar-refractivity contribution in [3.8, 4) is 0 Å². The minimum absolute atomic E-state index is 0.500. The minimum Gasteiger partial charge on any atom is -0.371 e. The Labute approximate surface area is 171 Å². The lowest BCUT2D eigenvalue weighted by Crippen LogP contribution is -2.16. The Kier molecular flexibility index (Phi) is 71.8. The number of halogens is 4. The Morgan fingerprint density at radius 3 is 1.39 bits per heavy atom. The lowest BCUT2D eigenvalue weighted by Gasteiger charge is -2.16.